The maximum atomic E-state index is 13.6. The highest BCUT2D eigenvalue weighted by molar-refractivity contribution is 7.91. The minimum absolute atomic E-state index is 0.0811. The number of nitrogens with zero attached hydrogens (tertiary/aromatic N) is 2. The molecule has 0 spiro atoms. The van der Waals surface area contributed by atoms with Gasteiger partial charge in [-0.15, -0.1) is 0 Å². The van der Waals surface area contributed by atoms with E-state index in [1.54, 1.807) is 0 Å². The molecule has 5 N–H and O–H groups in total. The second-order valence-electron chi connectivity index (χ2n) is 11.1. The number of aliphatic hydroxyl groups is 1. The summed E-state index contributed by atoms with van der Waals surface area (Å²) in [7, 11) is -3.84. The lowest BCUT2D eigenvalue weighted by atomic mass is 10.1. The first-order chi connectivity index (χ1) is 18.0. The lowest BCUT2D eigenvalue weighted by molar-refractivity contribution is -0.141. The molecule has 5 atom stereocenters. The van der Waals surface area contributed by atoms with Crippen molar-refractivity contribution in [3.63, 3.8) is 0 Å². The number of aliphatic hydroxyl groups excluding tert-OH is 1. The van der Waals surface area contributed by atoms with Crippen LogP contribution in [0.4, 0.5) is 4.79 Å². The van der Waals surface area contributed by atoms with E-state index < -0.39 is 68.7 Å². The summed E-state index contributed by atoms with van der Waals surface area (Å²) in [5, 5.41) is 24.2. The molecule has 0 aromatic carbocycles. The largest absolute Gasteiger partial charge is 0.465 e. The van der Waals surface area contributed by atoms with E-state index in [4.69, 9.17) is 0 Å². The third-order valence-electron chi connectivity index (χ3n) is 8.09. The second-order valence-corrected chi connectivity index (χ2v) is 13.1. The first-order valence-corrected chi connectivity index (χ1v) is 14.8. The van der Waals surface area contributed by atoms with Gasteiger partial charge in [-0.2, -0.15) is 0 Å². The second kappa shape index (κ2) is 10.1. The fraction of sp³-hybridized carbons (Fsp3) is 0.750. The zero-order valence-electron chi connectivity index (χ0n) is 21.0. The molecule has 3 aliphatic carbocycles. The van der Waals surface area contributed by atoms with Gasteiger partial charge in [0.25, 0.3) is 5.91 Å². The Hall–Kier alpha value is -2.71. The summed E-state index contributed by atoms with van der Waals surface area (Å²) in [6, 6.07) is -2.01. The number of carboxylic acid groups (broad SMARTS) is 1. The Balaban J connectivity index is 1.42. The van der Waals surface area contributed by atoms with E-state index in [-0.39, 0.29) is 32.0 Å². The molecule has 3 saturated carbocycles. The average molecular weight is 554 g/mol. The molecule has 0 aromatic heterocycles. The minimum atomic E-state index is -3.84. The molecule has 4 amide bonds. The number of nitrogens with one attached hydrogen (secondary N) is 3. The number of fused-ring (bicyclic) bond motifs is 2. The predicted molar refractivity (Wildman–Crippen MR) is 133 cm³/mol. The molecule has 0 bridgehead atoms. The Kier molecular flexibility index (Phi) is 7.16. The summed E-state index contributed by atoms with van der Waals surface area (Å²) in [6.07, 6.45) is 5.77. The van der Waals surface area contributed by atoms with Crippen molar-refractivity contribution in [3.8, 4) is 0 Å². The number of rotatable bonds is 5. The van der Waals surface area contributed by atoms with Crippen molar-refractivity contribution in [1.82, 2.24) is 25.2 Å². The van der Waals surface area contributed by atoms with Gasteiger partial charge in [0.2, 0.25) is 21.8 Å². The summed E-state index contributed by atoms with van der Waals surface area (Å²) in [5.41, 5.74) is -1.48. The summed E-state index contributed by atoms with van der Waals surface area (Å²) < 4.78 is 27.1. The first kappa shape index (κ1) is 26.9. The van der Waals surface area contributed by atoms with Gasteiger partial charge in [-0.25, -0.2) is 13.2 Å². The number of carbonyl (C=O) groups excluding carboxylic acids is 3. The van der Waals surface area contributed by atoms with Crippen molar-refractivity contribution >= 4 is 33.8 Å². The molecule has 0 radical (unpaired) electrons. The van der Waals surface area contributed by atoms with Crippen LogP contribution in [0.2, 0.25) is 0 Å². The van der Waals surface area contributed by atoms with Crippen LogP contribution < -0.4 is 15.4 Å². The summed E-state index contributed by atoms with van der Waals surface area (Å²) in [4.78, 5) is 55.1. The fourth-order valence-corrected chi connectivity index (χ4v) is 6.94. The minimum Gasteiger partial charge on any atom is -0.465 e. The van der Waals surface area contributed by atoms with Crippen LogP contribution in [0.3, 0.4) is 0 Å². The van der Waals surface area contributed by atoms with Crippen LogP contribution in [-0.4, -0.2) is 107 Å². The van der Waals surface area contributed by atoms with Crippen molar-refractivity contribution in [1.29, 1.82) is 0 Å². The van der Waals surface area contributed by atoms with Crippen LogP contribution in [0, 0.1) is 5.92 Å². The van der Waals surface area contributed by atoms with Gasteiger partial charge in [-0.3, -0.25) is 24.0 Å². The van der Waals surface area contributed by atoms with Crippen molar-refractivity contribution in [2.75, 3.05) is 19.6 Å². The number of carbonyl (C=O) groups is 4. The SMILES string of the molecule is O=C(O)NC1CN(C2CC2)CCC/C=C\C2CC2(C(=O)NS(=O)(=O)C2CC2)NC(=O)C2CC(O)CN2C1=O. The highest BCUT2D eigenvalue weighted by Crippen LogP contribution is 2.46. The Labute approximate surface area is 221 Å². The van der Waals surface area contributed by atoms with Gasteiger partial charge < -0.3 is 25.7 Å². The average Bonchev–Trinajstić information content (AvgIpc) is 3.70. The molecule has 5 rings (SSSR count). The molecular formula is C24H35N5O8S. The lowest BCUT2D eigenvalue weighted by Gasteiger charge is -2.32. The Morgan fingerprint density at radius 2 is 1.87 bits per heavy atom. The highest BCUT2D eigenvalue weighted by Gasteiger charge is 2.62. The van der Waals surface area contributed by atoms with E-state index in [1.165, 1.54) is 4.90 Å². The normalized spacial score (nSPS) is 35.7. The van der Waals surface area contributed by atoms with Gasteiger partial charge in [0, 0.05) is 31.5 Å². The van der Waals surface area contributed by atoms with Crippen LogP contribution in [0.5, 0.6) is 0 Å². The van der Waals surface area contributed by atoms with Gasteiger partial charge in [-0.1, -0.05) is 12.2 Å². The Morgan fingerprint density at radius 1 is 1.13 bits per heavy atom. The fourth-order valence-electron chi connectivity index (χ4n) is 5.58. The summed E-state index contributed by atoms with van der Waals surface area (Å²) in [6.45, 7) is 0.629. The summed E-state index contributed by atoms with van der Waals surface area (Å²) >= 11 is 0. The van der Waals surface area contributed by atoms with Crippen LogP contribution in [-0.2, 0) is 24.4 Å². The molecule has 14 heteroatoms. The van der Waals surface area contributed by atoms with Crippen LogP contribution >= 0.6 is 0 Å². The van der Waals surface area contributed by atoms with Crippen molar-refractivity contribution < 1.29 is 37.8 Å². The van der Waals surface area contributed by atoms with Crippen LogP contribution in [0.1, 0.15) is 51.4 Å². The van der Waals surface area contributed by atoms with E-state index in [2.05, 4.69) is 20.3 Å². The number of allylic oxidation sites excluding steroid dienone is 1. The lowest BCUT2D eigenvalue weighted by Crippen LogP contribution is -2.59. The molecule has 4 fully saturated rings. The molecule has 0 aromatic rings. The molecule has 210 valence electrons. The molecule has 5 unspecified atom stereocenters. The zero-order chi connectivity index (χ0) is 27.2. The molecular weight excluding hydrogens is 518 g/mol. The van der Waals surface area contributed by atoms with Crippen molar-refractivity contribution in [3.05, 3.63) is 12.2 Å². The molecule has 13 nitrogen and oxygen atoms in total. The van der Waals surface area contributed by atoms with E-state index in [0.29, 0.717) is 25.8 Å². The van der Waals surface area contributed by atoms with Gasteiger partial charge in [0.05, 0.1) is 11.4 Å². The quantitative estimate of drug-likeness (QED) is 0.263. The topological polar surface area (TPSA) is 185 Å². The van der Waals surface area contributed by atoms with Crippen molar-refractivity contribution in [2.45, 2.75) is 86.4 Å². The summed E-state index contributed by atoms with van der Waals surface area (Å²) in [5.74, 6) is -2.53. The molecule has 38 heavy (non-hydrogen) atoms. The van der Waals surface area contributed by atoms with Gasteiger partial charge in [0.1, 0.15) is 17.6 Å². The van der Waals surface area contributed by atoms with Gasteiger partial charge >= 0.3 is 6.09 Å². The van der Waals surface area contributed by atoms with E-state index >= 15 is 0 Å². The third kappa shape index (κ3) is 5.66. The molecule has 2 heterocycles. The van der Waals surface area contributed by atoms with E-state index in [0.717, 1.165) is 19.3 Å². The zero-order valence-corrected chi connectivity index (χ0v) is 21.9. The maximum absolute atomic E-state index is 13.6. The molecule has 2 aliphatic heterocycles. The van der Waals surface area contributed by atoms with Crippen LogP contribution in [0.15, 0.2) is 12.2 Å². The van der Waals surface area contributed by atoms with Gasteiger partial charge in [-0.05, 0) is 51.5 Å². The monoisotopic (exact) mass is 553 g/mol. The van der Waals surface area contributed by atoms with Gasteiger partial charge in [0.15, 0.2) is 0 Å². The standard InChI is InChI=1S/C24H35N5O8S/c30-16-10-19-20(31)26-24(22(33)27-38(36,37)17-7-8-17)11-14(24)4-2-1-3-9-28(15-5-6-15)13-18(25-23(34)35)21(32)29(19)12-16/h2,4,14-19,25,30H,1,3,5-13H2,(H,26,31)(H,27,33)(H,34,35)/b4-2-. The Bertz CT molecular complexity index is 1140. The smallest absolute Gasteiger partial charge is 0.405 e. The number of amides is 4. The number of sulfonamides is 1. The number of hydrogen-bond donors (Lipinski definition) is 5. The number of hydrogen-bond acceptors (Lipinski definition) is 8. The third-order valence-corrected chi connectivity index (χ3v) is 9.91. The maximum Gasteiger partial charge on any atom is 0.405 e. The van der Waals surface area contributed by atoms with Crippen LogP contribution in [0.25, 0.3) is 0 Å². The van der Waals surface area contributed by atoms with E-state index in [9.17, 15) is 37.8 Å². The Morgan fingerprint density at radius 3 is 2.53 bits per heavy atom. The highest BCUT2D eigenvalue weighted by atomic mass is 32.2. The predicted octanol–water partition coefficient (Wildman–Crippen LogP) is -1.12. The first-order valence-electron chi connectivity index (χ1n) is 13.3. The molecule has 1 saturated heterocycles. The van der Waals surface area contributed by atoms with E-state index in [1.807, 2.05) is 12.2 Å². The molecule has 5 aliphatic rings. The van der Waals surface area contributed by atoms with Crippen molar-refractivity contribution in [2.24, 2.45) is 5.92 Å².